The molecule has 1 amide bonds. The maximum absolute atomic E-state index is 14.2. The molecule has 0 aliphatic carbocycles. The number of nitrogens with zero attached hydrogens (tertiary/aromatic N) is 3. The third-order valence-electron chi connectivity index (χ3n) is 6.35. The standard InChI is InChI=1S/C23H25ClFN3O2S/c24-17-1-3-21-16(11-17)12-20(19-13-18(25)2-4-22(19)31-21)27-8-5-26(6-9-27)7-10-28-15-30-14-23(28)29/h1-4,11,13,20H,5-10,12,14-15H2. The molecule has 0 radical (unpaired) electrons. The van der Waals surface area contributed by atoms with Gasteiger partial charge in [-0.15, -0.1) is 0 Å². The van der Waals surface area contributed by atoms with Gasteiger partial charge < -0.3 is 9.64 Å². The SMILES string of the molecule is O=C1COCN1CCN1CCN(C2Cc3cc(Cl)ccc3Sc3ccc(F)cc32)CC1. The monoisotopic (exact) mass is 461 g/mol. The van der Waals surface area contributed by atoms with Crippen LogP contribution in [-0.2, 0) is 16.0 Å². The second-order valence-electron chi connectivity index (χ2n) is 8.27. The van der Waals surface area contributed by atoms with Crippen molar-refractivity contribution in [3.05, 3.63) is 58.4 Å². The van der Waals surface area contributed by atoms with Crippen LogP contribution in [-0.4, -0.2) is 73.2 Å². The van der Waals surface area contributed by atoms with Crippen molar-refractivity contribution in [2.45, 2.75) is 22.3 Å². The summed E-state index contributed by atoms with van der Waals surface area (Å²) in [5.74, 6) is -0.116. The minimum Gasteiger partial charge on any atom is -0.351 e. The maximum atomic E-state index is 14.2. The van der Waals surface area contributed by atoms with E-state index in [0.717, 1.165) is 54.6 Å². The lowest BCUT2D eigenvalue weighted by atomic mass is 9.96. The molecule has 0 aromatic heterocycles. The van der Waals surface area contributed by atoms with Crippen molar-refractivity contribution < 1.29 is 13.9 Å². The van der Waals surface area contributed by atoms with Gasteiger partial charge in [0.2, 0.25) is 0 Å². The molecule has 2 fully saturated rings. The van der Waals surface area contributed by atoms with Crippen LogP contribution in [0.4, 0.5) is 4.39 Å². The molecule has 2 aromatic carbocycles. The van der Waals surface area contributed by atoms with Crippen molar-refractivity contribution >= 4 is 29.3 Å². The zero-order valence-electron chi connectivity index (χ0n) is 17.2. The predicted octanol–water partition coefficient (Wildman–Crippen LogP) is 3.66. The summed E-state index contributed by atoms with van der Waals surface area (Å²) in [5, 5.41) is 0.737. The van der Waals surface area contributed by atoms with E-state index in [1.165, 1.54) is 10.5 Å². The van der Waals surface area contributed by atoms with Crippen LogP contribution in [0, 0.1) is 5.82 Å². The number of carbonyl (C=O) groups is 1. The molecule has 0 saturated carbocycles. The Morgan fingerprint density at radius 3 is 2.65 bits per heavy atom. The Bertz CT molecular complexity index is 983. The smallest absolute Gasteiger partial charge is 0.250 e. The molecule has 2 aromatic rings. The molecule has 1 atom stereocenters. The van der Waals surface area contributed by atoms with E-state index in [-0.39, 0.29) is 24.4 Å². The van der Waals surface area contributed by atoms with Crippen LogP contribution in [0.5, 0.6) is 0 Å². The third-order valence-corrected chi connectivity index (χ3v) is 7.79. The second-order valence-corrected chi connectivity index (χ2v) is 9.79. The number of amides is 1. The number of carbonyl (C=O) groups excluding carboxylic acids is 1. The highest BCUT2D eigenvalue weighted by molar-refractivity contribution is 7.99. The molecule has 0 bridgehead atoms. The quantitative estimate of drug-likeness (QED) is 0.694. The van der Waals surface area contributed by atoms with Crippen LogP contribution in [0.25, 0.3) is 0 Å². The summed E-state index contributed by atoms with van der Waals surface area (Å²) in [4.78, 5) is 20.7. The van der Waals surface area contributed by atoms with Gasteiger partial charge in [0.1, 0.15) is 19.2 Å². The molecule has 3 heterocycles. The average Bonchev–Trinajstić information content (AvgIpc) is 3.11. The van der Waals surface area contributed by atoms with Crippen molar-refractivity contribution in [3.63, 3.8) is 0 Å². The summed E-state index contributed by atoms with van der Waals surface area (Å²) in [6, 6.07) is 11.3. The van der Waals surface area contributed by atoms with E-state index in [4.69, 9.17) is 16.3 Å². The lowest BCUT2D eigenvalue weighted by Crippen LogP contribution is -2.49. The minimum absolute atomic E-state index is 0.0746. The van der Waals surface area contributed by atoms with Crippen LogP contribution in [0.15, 0.2) is 46.2 Å². The number of hydrogen-bond donors (Lipinski definition) is 0. The van der Waals surface area contributed by atoms with E-state index >= 15 is 0 Å². The molecule has 3 aliphatic heterocycles. The van der Waals surface area contributed by atoms with Crippen LogP contribution in [0.1, 0.15) is 17.2 Å². The zero-order chi connectivity index (χ0) is 21.4. The predicted molar refractivity (Wildman–Crippen MR) is 119 cm³/mol. The van der Waals surface area contributed by atoms with Gasteiger partial charge >= 0.3 is 0 Å². The van der Waals surface area contributed by atoms with Crippen molar-refractivity contribution in [1.29, 1.82) is 0 Å². The van der Waals surface area contributed by atoms with E-state index in [2.05, 4.69) is 15.9 Å². The van der Waals surface area contributed by atoms with Crippen LogP contribution < -0.4 is 0 Å². The van der Waals surface area contributed by atoms with Crippen LogP contribution in [0.2, 0.25) is 5.02 Å². The van der Waals surface area contributed by atoms with Crippen molar-refractivity contribution in [1.82, 2.24) is 14.7 Å². The van der Waals surface area contributed by atoms with Gasteiger partial charge in [0.15, 0.2) is 0 Å². The van der Waals surface area contributed by atoms with E-state index in [1.807, 2.05) is 18.2 Å². The first-order valence-electron chi connectivity index (χ1n) is 10.6. The third kappa shape index (κ3) is 4.61. The van der Waals surface area contributed by atoms with E-state index in [1.54, 1.807) is 28.8 Å². The largest absolute Gasteiger partial charge is 0.351 e. The van der Waals surface area contributed by atoms with Crippen molar-refractivity contribution in [2.75, 3.05) is 52.6 Å². The molecule has 0 spiro atoms. The fourth-order valence-electron chi connectivity index (χ4n) is 4.60. The molecular weight excluding hydrogens is 437 g/mol. The Morgan fingerprint density at radius 1 is 1.06 bits per heavy atom. The van der Waals surface area contributed by atoms with Gasteiger partial charge in [0, 0.05) is 60.1 Å². The first-order chi connectivity index (χ1) is 15.1. The van der Waals surface area contributed by atoms with Crippen LogP contribution in [0.3, 0.4) is 0 Å². The Balaban J connectivity index is 1.31. The molecule has 2 saturated heterocycles. The fourth-order valence-corrected chi connectivity index (χ4v) is 5.89. The molecule has 3 aliphatic rings. The number of hydrogen-bond acceptors (Lipinski definition) is 5. The van der Waals surface area contributed by atoms with Gasteiger partial charge in [-0.25, -0.2) is 4.39 Å². The Kier molecular flexibility index (Phi) is 6.21. The summed E-state index contributed by atoms with van der Waals surface area (Å²) in [5.41, 5.74) is 2.28. The van der Waals surface area contributed by atoms with Gasteiger partial charge in [-0.2, -0.15) is 0 Å². The highest BCUT2D eigenvalue weighted by atomic mass is 35.5. The normalized spacial score (nSPS) is 22.3. The second kappa shape index (κ2) is 9.08. The molecule has 31 heavy (non-hydrogen) atoms. The molecule has 8 heteroatoms. The number of piperazine rings is 1. The van der Waals surface area contributed by atoms with Gasteiger partial charge in [0.05, 0.1) is 0 Å². The number of benzene rings is 2. The Hall–Kier alpha value is -1.64. The lowest BCUT2D eigenvalue weighted by molar-refractivity contribution is -0.127. The topological polar surface area (TPSA) is 36.0 Å². The van der Waals surface area contributed by atoms with Gasteiger partial charge in [0.25, 0.3) is 5.91 Å². The summed E-state index contributed by atoms with van der Waals surface area (Å²) in [6.07, 6.45) is 0.818. The Morgan fingerprint density at radius 2 is 1.87 bits per heavy atom. The summed E-state index contributed by atoms with van der Waals surface area (Å²) < 4.78 is 19.4. The Labute approximate surface area is 191 Å². The lowest BCUT2D eigenvalue weighted by Gasteiger charge is -2.40. The number of rotatable bonds is 4. The summed E-state index contributed by atoms with van der Waals surface area (Å²) >= 11 is 7.99. The number of fused-ring (bicyclic) bond motifs is 2. The molecule has 5 rings (SSSR count). The molecule has 164 valence electrons. The summed E-state index contributed by atoms with van der Waals surface area (Å²) in [7, 11) is 0. The molecule has 0 N–H and O–H groups in total. The highest BCUT2D eigenvalue weighted by Crippen LogP contribution is 2.43. The maximum Gasteiger partial charge on any atom is 0.250 e. The number of halogens is 2. The van der Waals surface area contributed by atoms with Gasteiger partial charge in [-0.05, 0) is 53.9 Å². The zero-order valence-corrected chi connectivity index (χ0v) is 18.8. The van der Waals surface area contributed by atoms with Crippen molar-refractivity contribution in [3.8, 4) is 0 Å². The van der Waals surface area contributed by atoms with E-state index < -0.39 is 0 Å². The first-order valence-corrected chi connectivity index (χ1v) is 11.8. The van der Waals surface area contributed by atoms with E-state index in [9.17, 15) is 9.18 Å². The summed E-state index contributed by atoms with van der Waals surface area (Å²) in [6.45, 7) is 5.85. The van der Waals surface area contributed by atoms with E-state index in [0.29, 0.717) is 13.3 Å². The minimum atomic E-state index is -0.190. The van der Waals surface area contributed by atoms with Crippen molar-refractivity contribution in [2.24, 2.45) is 0 Å². The molecule has 5 nitrogen and oxygen atoms in total. The van der Waals surface area contributed by atoms with Crippen LogP contribution >= 0.6 is 23.4 Å². The average molecular weight is 462 g/mol. The van der Waals surface area contributed by atoms with Gasteiger partial charge in [-0.3, -0.25) is 14.6 Å². The highest BCUT2D eigenvalue weighted by Gasteiger charge is 2.31. The molecular formula is C23H25ClFN3O2S. The fraction of sp³-hybridized carbons (Fsp3) is 0.435. The first kappa shape index (κ1) is 21.2. The number of ether oxygens (including phenoxy) is 1. The molecule has 1 unspecified atom stereocenters. The van der Waals surface area contributed by atoms with Gasteiger partial charge in [-0.1, -0.05) is 23.4 Å².